The monoisotopic (exact) mass is 331 g/mol. The number of nitrogens with one attached hydrogen (secondary N) is 2. The van der Waals surface area contributed by atoms with Crippen LogP contribution >= 0.6 is 11.3 Å². The van der Waals surface area contributed by atoms with Crippen molar-refractivity contribution in [2.45, 2.75) is 31.9 Å². The van der Waals surface area contributed by atoms with E-state index in [2.05, 4.69) is 15.6 Å². The maximum Gasteiger partial charge on any atom is 0.315 e. The molecule has 0 spiro atoms. The maximum atomic E-state index is 12.1. The quantitative estimate of drug-likeness (QED) is 0.730. The number of benzene rings is 1. The summed E-state index contributed by atoms with van der Waals surface area (Å²) in [5.74, 6) is 0.526. The highest BCUT2D eigenvalue weighted by molar-refractivity contribution is 7.09. The van der Waals surface area contributed by atoms with E-state index in [1.807, 2.05) is 29.6 Å². The van der Waals surface area contributed by atoms with Crippen LogP contribution in [0, 0.1) is 5.92 Å². The highest BCUT2D eigenvalue weighted by atomic mass is 32.1. The third-order valence-corrected chi connectivity index (χ3v) is 4.86. The lowest BCUT2D eigenvalue weighted by Crippen LogP contribution is -2.39. The molecule has 1 unspecified atom stereocenters. The van der Waals surface area contributed by atoms with Crippen molar-refractivity contribution in [3.63, 3.8) is 0 Å². The third kappa shape index (κ3) is 4.53. The van der Waals surface area contributed by atoms with Gasteiger partial charge in [0.2, 0.25) is 0 Å². The summed E-state index contributed by atoms with van der Waals surface area (Å²) < 4.78 is 0. The van der Waals surface area contributed by atoms with Gasteiger partial charge in [-0.2, -0.15) is 0 Å². The van der Waals surface area contributed by atoms with Crippen molar-refractivity contribution in [3.05, 3.63) is 52.0 Å². The van der Waals surface area contributed by atoms with E-state index in [0.717, 1.165) is 35.4 Å². The molecule has 0 aliphatic heterocycles. The van der Waals surface area contributed by atoms with E-state index in [-0.39, 0.29) is 18.7 Å². The molecule has 3 rings (SSSR count). The Morgan fingerprint density at radius 3 is 2.65 bits per heavy atom. The van der Waals surface area contributed by atoms with Gasteiger partial charge in [-0.05, 0) is 36.3 Å². The van der Waals surface area contributed by atoms with Crippen molar-refractivity contribution < 1.29 is 9.90 Å². The van der Waals surface area contributed by atoms with Crippen LogP contribution < -0.4 is 10.6 Å². The van der Waals surface area contributed by atoms with Gasteiger partial charge < -0.3 is 15.7 Å². The Morgan fingerprint density at radius 2 is 2.04 bits per heavy atom. The van der Waals surface area contributed by atoms with Gasteiger partial charge >= 0.3 is 6.03 Å². The van der Waals surface area contributed by atoms with Gasteiger partial charge in [-0.25, -0.2) is 9.78 Å². The summed E-state index contributed by atoms with van der Waals surface area (Å²) >= 11 is 1.59. The van der Waals surface area contributed by atoms with Crippen molar-refractivity contribution in [1.29, 1.82) is 0 Å². The predicted octanol–water partition coefficient (Wildman–Crippen LogP) is 2.63. The molecule has 122 valence electrons. The van der Waals surface area contributed by atoms with Crippen LogP contribution in [0.25, 0.3) is 0 Å². The highest BCUT2D eigenvalue weighted by Crippen LogP contribution is 2.41. The van der Waals surface area contributed by atoms with Gasteiger partial charge in [0.25, 0.3) is 0 Å². The Kier molecular flexibility index (Phi) is 5.25. The zero-order valence-electron chi connectivity index (χ0n) is 12.9. The Labute approximate surface area is 139 Å². The van der Waals surface area contributed by atoms with Gasteiger partial charge in [-0.3, -0.25) is 0 Å². The minimum absolute atomic E-state index is 0.0406. The number of aliphatic hydroxyl groups excluding tert-OH is 1. The van der Waals surface area contributed by atoms with Gasteiger partial charge in [-0.1, -0.05) is 24.3 Å². The fourth-order valence-electron chi connectivity index (χ4n) is 2.52. The van der Waals surface area contributed by atoms with Gasteiger partial charge in [0.1, 0.15) is 5.01 Å². The first kappa shape index (κ1) is 16.0. The number of aliphatic hydroxyl groups is 1. The maximum absolute atomic E-state index is 12.1. The lowest BCUT2D eigenvalue weighted by atomic mass is 10.1. The number of carbonyl (C=O) groups is 1. The minimum atomic E-state index is -0.135. The summed E-state index contributed by atoms with van der Waals surface area (Å²) in [6.07, 6.45) is 4.86. The van der Waals surface area contributed by atoms with Crippen molar-refractivity contribution >= 4 is 17.4 Å². The van der Waals surface area contributed by atoms with Crippen LogP contribution in [0.5, 0.6) is 0 Å². The van der Waals surface area contributed by atoms with Gasteiger partial charge in [-0.15, -0.1) is 11.3 Å². The van der Waals surface area contributed by atoms with E-state index >= 15 is 0 Å². The van der Waals surface area contributed by atoms with Crippen molar-refractivity contribution in [3.8, 4) is 0 Å². The predicted molar refractivity (Wildman–Crippen MR) is 90.2 cm³/mol. The topological polar surface area (TPSA) is 74.2 Å². The molecule has 0 bridgehead atoms. The first-order valence-electron chi connectivity index (χ1n) is 7.88. The zero-order chi connectivity index (χ0) is 16.1. The van der Waals surface area contributed by atoms with E-state index in [9.17, 15) is 4.79 Å². The molecule has 1 aromatic carbocycles. The van der Waals surface area contributed by atoms with Gasteiger partial charge in [0.15, 0.2) is 0 Å². The largest absolute Gasteiger partial charge is 0.392 e. The first-order valence-corrected chi connectivity index (χ1v) is 8.76. The lowest BCUT2D eigenvalue weighted by molar-refractivity contribution is 0.235. The number of urea groups is 1. The second-order valence-corrected chi connectivity index (χ2v) is 6.74. The molecule has 1 atom stereocenters. The van der Waals surface area contributed by atoms with Crippen LogP contribution in [0.1, 0.15) is 35.0 Å². The molecular weight excluding hydrogens is 310 g/mol. The Morgan fingerprint density at radius 1 is 1.30 bits per heavy atom. The molecular formula is C17H21N3O2S. The van der Waals surface area contributed by atoms with Crippen LogP contribution in [0.4, 0.5) is 4.79 Å². The normalized spacial score (nSPS) is 15.2. The van der Waals surface area contributed by atoms with E-state index in [1.54, 1.807) is 17.5 Å². The molecule has 3 N–H and O–H groups in total. The molecule has 23 heavy (non-hydrogen) atoms. The van der Waals surface area contributed by atoms with E-state index in [0.29, 0.717) is 12.5 Å². The Hall–Kier alpha value is -1.92. The van der Waals surface area contributed by atoms with Crippen molar-refractivity contribution in [2.75, 3.05) is 6.54 Å². The van der Waals surface area contributed by atoms with Crippen LogP contribution in [0.15, 0.2) is 35.8 Å². The molecule has 1 saturated carbocycles. The smallest absolute Gasteiger partial charge is 0.315 e. The second kappa shape index (κ2) is 7.57. The molecule has 2 amide bonds. The molecule has 0 saturated heterocycles. The van der Waals surface area contributed by atoms with E-state index < -0.39 is 0 Å². The molecule has 1 fully saturated rings. The molecule has 1 aliphatic rings. The van der Waals surface area contributed by atoms with Crippen molar-refractivity contribution in [2.24, 2.45) is 5.92 Å². The molecule has 1 aromatic heterocycles. The Bertz CT molecular complexity index is 624. The number of hydrogen-bond donors (Lipinski definition) is 3. The summed E-state index contributed by atoms with van der Waals surface area (Å²) in [5, 5.41) is 17.9. The molecule has 6 heteroatoms. The van der Waals surface area contributed by atoms with Crippen LogP contribution in [0.3, 0.4) is 0 Å². The second-order valence-electron chi connectivity index (χ2n) is 5.81. The summed E-state index contributed by atoms with van der Waals surface area (Å²) in [5.41, 5.74) is 2.04. The molecule has 5 nitrogen and oxygen atoms in total. The fourth-order valence-corrected chi connectivity index (χ4v) is 3.30. The number of carbonyl (C=O) groups excluding carboxylic acids is 1. The summed E-state index contributed by atoms with van der Waals surface area (Å²) in [7, 11) is 0. The van der Waals surface area contributed by atoms with E-state index in [1.165, 1.54) is 0 Å². The van der Waals surface area contributed by atoms with Crippen LogP contribution in [-0.2, 0) is 13.0 Å². The van der Waals surface area contributed by atoms with Gasteiger partial charge in [0, 0.05) is 18.1 Å². The first-order chi connectivity index (χ1) is 11.3. The fraction of sp³-hybridized carbons (Fsp3) is 0.412. The number of amides is 2. The number of hydrogen-bond acceptors (Lipinski definition) is 4. The lowest BCUT2D eigenvalue weighted by Gasteiger charge is -2.16. The summed E-state index contributed by atoms with van der Waals surface area (Å²) in [6, 6.07) is 7.67. The SMILES string of the molecule is O=C(NCCc1ccc(CO)cc1)NC(c1nccs1)C1CC1. The summed E-state index contributed by atoms with van der Waals surface area (Å²) in [4.78, 5) is 16.4. The number of nitrogens with zero attached hydrogens (tertiary/aromatic N) is 1. The van der Waals surface area contributed by atoms with Gasteiger partial charge in [0.05, 0.1) is 12.6 Å². The van der Waals surface area contributed by atoms with Crippen molar-refractivity contribution in [1.82, 2.24) is 15.6 Å². The van der Waals surface area contributed by atoms with Crippen LogP contribution in [-0.4, -0.2) is 22.7 Å². The third-order valence-electron chi connectivity index (χ3n) is 4.00. The number of thiazole rings is 1. The summed E-state index contributed by atoms with van der Waals surface area (Å²) in [6.45, 7) is 0.639. The highest BCUT2D eigenvalue weighted by Gasteiger charge is 2.34. The number of aromatic nitrogens is 1. The average Bonchev–Trinajstić information content (AvgIpc) is 3.27. The molecule has 2 aromatic rings. The Balaban J connectivity index is 1.45. The standard InChI is InChI=1S/C17H21N3O2S/c21-11-13-3-1-12(2-4-13)7-8-19-17(22)20-15(14-5-6-14)16-18-9-10-23-16/h1-4,9-10,14-15,21H,5-8,11H2,(H2,19,20,22). The molecule has 1 heterocycles. The zero-order valence-corrected chi connectivity index (χ0v) is 13.7. The average molecular weight is 331 g/mol. The van der Waals surface area contributed by atoms with Crippen LogP contribution in [0.2, 0.25) is 0 Å². The molecule has 0 radical (unpaired) electrons. The minimum Gasteiger partial charge on any atom is -0.392 e. The molecule has 1 aliphatic carbocycles. The number of rotatable bonds is 7. The van der Waals surface area contributed by atoms with E-state index in [4.69, 9.17) is 5.11 Å².